The van der Waals surface area contributed by atoms with Gasteiger partial charge in [-0.05, 0) is 63.3 Å². The minimum atomic E-state index is -0.00135. The Hall–Kier alpha value is -3.00. The third-order valence-corrected chi connectivity index (χ3v) is 7.35. The summed E-state index contributed by atoms with van der Waals surface area (Å²) in [4.78, 5) is 13.6. The zero-order valence-corrected chi connectivity index (χ0v) is 20.6. The highest BCUT2D eigenvalue weighted by molar-refractivity contribution is 5.62. The van der Waals surface area contributed by atoms with Gasteiger partial charge < -0.3 is 15.1 Å². The van der Waals surface area contributed by atoms with Crippen LogP contribution in [0.2, 0.25) is 0 Å². The molecule has 8 nitrogen and oxygen atoms in total. The first-order valence-electron chi connectivity index (χ1n) is 12.6. The predicted molar refractivity (Wildman–Crippen MR) is 136 cm³/mol. The van der Waals surface area contributed by atoms with E-state index in [2.05, 4.69) is 50.6 Å². The van der Waals surface area contributed by atoms with Crippen LogP contribution in [0.15, 0.2) is 43.0 Å². The van der Waals surface area contributed by atoms with Crippen LogP contribution in [0, 0.1) is 5.92 Å². The average Bonchev–Trinajstić information content (AvgIpc) is 3.33. The predicted octanol–water partition coefficient (Wildman–Crippen LogP) is 3.77. The second-order valence-electron chi connectivity index (χ2n) is 10.0. The van der Waals surface area contributed by atoms with Crippen molar-refractivity contribution in [1.82, 2.24) is 30.3 Å². The third-order valence-electron chi connectivity index (χ3n) is 7.35. The quantitative estimate of drug-likeness (QED) is 0.548. The van der Waals surface area contributed by atoms with Crippen molar-refractivity contribution in [2.24, 2.45) is 5.92 Å². The topological polar surface area (TPSA) is 75.0 Å². The van der Waals surface area contributed by atoms with E-state index in [4.69, 9.17) is 4.98 Å². The Morgan fingerprint density at radius 2 is 2.00 bits per heavy atom. The summed E-state index contributed by atoms with van der Waals surface area (Å²) in [6.45, 7) is 5.46. The molecule has 1 N–H and O–H groups in total. The first-order chi connectivity index (χ1) is 16.6. The number of piperidine rings is 1. The lowest BCUT2D eigenvalue weighted by Crippen LogP contribution is -2.47. The van der Waals surface area contributed by atoms with Gasteiger partial charge in [-0.15, -0.1) is 5.10 Å². The highest BCUT2D eigenvalue weighted by Crippen LogP contribution is 2.27. The maximum absolute atomic E-state index is 4.80. The van der Waals surface area contributed by atoms with E-state index in [1.165, 1.54) is 44.3 Å². The molecular weight excluding hydrogens is 424 g/mol. The fourth-order valence-electron chi connectivity index (χ4n) is 4.79. The molecule has 3 aromatic heterocycles. The Kier molecular flexibility index (Phi) is 6.76. The fraction of sp³-hybridized carbons (Fsp3) is 0.538. The van der Waals surface area contributed by atoms with Gasteiger partial charge in [0.2, 0.25) is 0 Å². The van der Waals surface area contributed by atoms with Gasteiger partial charge in [0, 0.05) is 45.0 Å². The van der Waals surface area contributed by atoms with Crippen molar-refractivity contribution in [3.63, 3.8) is 0 Å². The Balaban J connectivity index is 1.22. The zero-order chi connectivity index (χ0) is 23.5. The Morgan fingerprint density at radius 3 is 2.74 bits per heavy atom. The number of pyridine rings is 2. The van der Waals surface area contributed by atoms with Gasteiger partial charge in [-0.3, -0.25) is 9.97 Å². The molecule has 34 heavy (non-hydrogen) atoms. The molecule has 2 fully saturated rings. The molecule has 2 aliphatic rings. The summed E-state index contributed by atoms with van der Waals surface area (Å²) in [6.07, 6.45) is 14.4. The van der Waals surface area contributed by atoms with Crippen molar-refractivity contribution in [2.75, 3.05) is 43.5 Å². The molecule has 0 bridgehead atoms. The molecule has 4 heterocycles. The highest BCUT2D eigenvalue weighted by atomic mass is 15.4. The Labute approximate surface area is 202 Å². The van der Waals surface area contributed by atoms with Crippen LogP contribution < -0.4 is 15.1 Å². The minimum Gasteiger partial charge on any atom is -0.376 e. The average molecular weight is 461 g/mol. The number of nitrogens with one attached hydrogen (secondary N) is 1. The minimum absolute atomic E-state index is 0.00135. The third kappa shape index (κ3) is 5.06. The SMILES string of the molecule is CC(c1ccc(N2CCC[C@@H](NCC3CCC3)C2)cn1)n1cc(-c2cncc(N(C)C)c2)nn1. The van der Waals surface area contributed by atoms with Crippen molar-refractivity contribution in [3.8, 4) is 11.3 Å². The van der Waals surface area contributed by atoms with E-state index in [9.17, 15) is 0 Å². The largest absolute Gasteiger partial charge is 0.376 e. The monoisotopic (exact) mass is 460 g/mol. The van der Waals surface area contributed by atoms with Gasteiger partial charge in [-0.1, -0.05) is 11.6 Å². The molecular formula is C26H36N8. The van der Waals surface area contributed by atoms with Crippen LogP contribution in [0.4, 0.5) is 11.4 Å². The molecule has 2 atom stereocenters. The van der Waals surface area contributed by atoms with E-state index < -0.39 is 0 Å². The molecule has 1 saturated heterocycles. The molecule has 0 radical (unpaired) electrons. The second-order valence-corrected chi connectivity index (χ2v) is 10.0. The molecule has 3 aromatic rings. The molecule has 8 heteroatoms. The van der Waals surface area contributed by atoms with Crippen LogP contribution in [0.3, 0.4) is 0 Å². The van der Waals surface area contributed by atoms with E-state index in [1.807, 2.05) is 48.5 Å². The molecule has 1 unspecified atom stereocenters. The van der Waals surface area contributed by atoms with Gasteiger partial charge in [0.1, 0.15) is 5.69 Å². The van der Waals surface area contributed by atoms with Gasteiger partial charge in [-0.2, -0.15) is 0 Å². The summed E-state index contributed by atoms with van der Waals surface area (Å²) in [6, 6.07) is 6.99. The maximum atomic E-state index is 4.80. The van der Waals surface area contributed by atoms with Gasteiger partial charge in [-0.25, -0.2) is 4.68 Å². The number of rotatable bonds is 8. The second kappa shape index (κ2) is 10.1. The Bertz CT molecular complexity index is 1070. The molecule has 0 spiro atoms. The van der Waals surface area contributed by atoms with Crippen LogP contribution in [0.25, 0.3) is 11.3 Å². The molecule has 180 valence electrons. The summed E-state index contributed by atoms with van der Waals surface area (Å²) in [5.41, 5.74) is 5.00. The molecule has 0 aromatic carbocycles. The van der Waals surface area contributed by atoms with Gasteiger partial charge in [0.15, 0.2) is 0 Å². The molecule has 1 aliphatic carbocycles. The summed E-state index contributed by atoms with van der Waals surface area (Å²) in [5, 5.41) is 12.6. The van der Waals surface area contributed by atoms with Crippen molar-refractivity contribution >= 4 is 11.4 Å². The lowest BCUT2D eigenvalue weighted by atomic mass is 9.85. The highest BCUT2D eigenvalue weighted by Gasteiger charge is 2.23. The van der Waals surface area contributed by atoms with Gasteiger partial charge in [0.25, 0.3) is 0 Å². The van der Waals surface area contributed by atoms with E-state index in [0.717, 1.165) is 41.6 Å². The number of anilines is 2. The fourth-order valence-corrected chi connectivity index (χ4v) is 4.79. The smallest absolute Gasteiger partial charge is 0.114 e. The van der Waals surface area contributed by atoms with Crippen LogP contribution in [0.1, 0.15) is 50.8 Å². The molecule has 1 saturated carbocycles. The zero-order valence-electron chi connectivity index (χ0n) is 20.6. The summed E-state index contributed by atoms with van der Waals surface area (Å²) >= 11 is 0. The normalized spacial score (nSPS) is 19.6. The number of hydrogen-bond acceptors (Lipinski definition) is 7. The van der Waals surface area contributed by atoms with Crippen molar-refractivity contribution in [3.05, 3.63) is 48.7 Å². The van der Waals surface area contributed by atoms with Crippen LogP contribution in [-0.2, 0) is 0 Å². The van der Waals surface area contributed by atoms with Gasteiger partial charge in [0.05, 0.1) is 41.7 Å². The first kappa shape index (κ1) is 22.8. The summed E-state index contributed by atoms with van der Waals surface area (Å²) in [5.74, 6) is 0.906. The van der Waals surface area contributed by atoms with Gasteiger partial charge >= 0.3 is 0 Å². The maximum Gasteiger partial charge on any atom is 0.114 e. The van der Waals surface area contributed by atoms with Crippen molar-refractivity contribution in [1.29, 1.82) is 0 Å². The summed E-state index contributed by atoms with van der Waals surface area (Å²) in [7, 11) is 4.01. The molecule has 5 rings (SSSR count). The number of aromatic nitrogens is 5. The standard InChI is InChI=1S/C26H36N8/c1-19(34-18-26(30-31-34)21-12-24(32(2)3)15-27-14-21)25-10-9-23(16-29-25)33-11-5-8-22(17-33)28-13-20-6-4-7-20/h9-10,12,14-16,18-20,22,28H,4-8,11,13,17H2,1-3H3/t19?,22-/m1/s1. The lowest BCUT2D eigenvalue weighted by Gasteiger charge is -2.36. The van der Waals surface area contributed by atoms with E-state index in [-0.39, 0.29) is 6.04 Å². The van der Waals surface area contributed by atoms with E-state index in [1.54, 1.807) is 0 Å². The van der Waals surface area contributed by atoms with E-state index >= 15 is 0 Å². The summed E-state index contributed by atoms with van der Waals surface area (Å²) < 4.78 is 1.88. The first-order valence-corrected chi connectivity index (χ1v) is 12.6. The van der Waals surface area contributed by atoms with Crippen molar-refractivity contribution in [2.45, 2.75) is 51.1 Å². The van der Waals surface area contributed by atoms with Crippen LogP contribution in [0.5, 0.6) is 0 Å². The number of hydrogen-bond donors (Lipinski definition) is 1. The molecule has 0 amide bonds. The van der Waals surface area contributed by atoms with Crippen molar-refractivity contribution < 1.29 is 0 Å². The number of nitrogens with zero attached hydrogens (tertiary/aromatic N) is 7. The molecule has 1 aliphatic heterocycles. The van der Waals surface area contributed by atoms with E-state index in [0.29, 0.717) is 6.04 Å². The van der Waals surface area contributed by atoms with Crippen LogP contribution >= 0.6 is 0 Å². The van der Waals surface area contributed by atoms with Crippen LogP contribution in [-0.4, -0.2) is 64.7 Å². The Morgan fingerprint density at radius 1 is 1.12 bits per heavy atom. The lowest BCUT2D eigenvalue weighted by molar-refractivity contribution is 0.280.